The molecule has 2 aliphatic rings. The molecule has 0 heterocycles. The van der Waals surface area contributed by atoms with Crippen molar-refractivity contribution in [3.05, 3.63) is 0 Å². The third-order valence-electron chi connectivity index (χ3n) is 7.49. The molecule has 0 bridgehead atoms. The zero-order valence-corrected chi connectivity index (χ0v) is 19.6. The van der Waals surface area contributed by atoms with Gasteiger partial charge in [0.1, 0.15) is 6.10 Å². The Bertz CT molecular complexity index is 420. The lowest BCUT2D eigenvalue weighted by Gasteiger charge is -2.39. The summed E-state index contributed by atoms with van der Waals surface area (Å²) in [4.78, 5) is 11.8. The van der Waals surface area contributed by atoms with Crippen molar-refractivity contribution in [3.63, 3.8) is 0 Å². The SMILES string of the molecule is CCCCCCCCOC1CCC(C2CCC(C(C)OC(=O)CCC)CC2)CC1. The van der Waals surface area contributed by atoms with Crippen LogP contribution in [0.1, 0.15) is 124 Å². The Balaban J connectivity index is 1.55. The first-order chi connectivity index (χ1) is 14.1. The van der Waals surface area contributed by atoms with Crippen molar-refractivity contribution in [2.45, 2.75) is 136 Å². The van der Waals surface area contributed by atoms with Gasteiger partial charge in [0.15, 0.2) is 0 Å². The molecule has 29 heavy (non-hydrogen) atoms. The molecule has 2 rings (SSSR count). The summed E-state index contributed by atoms with van der Waals surface area (Å²) in [5.74, 6) is 2.36. The number of unbranched alkanes of at least 4 members (excludes halogenated alkanes) is 5. The molecule has 0 spiro atoms. The van der Waals surface area contributed by atoms with E-state index in [9.17, 15) is 4.79 Å². The van der Waals surface area contributed by atoms with Crippen LogP contribution < -0.4 is 0 Å². The van der Waals surface area contributed by atoms with Crippen LogP contribution in [0.2, 0.25) is 0 Å². The molecule has 0 radical (unpaired) electrons. The standard InChI is InChI=1S/C26H48O3/c1-4-6-7-8-9-10-20-28-25-18-16-24(17-19-25)23-14-12-22(13-15-23)21(3)29-26(27)11-5-2/h21-25H,4-20H2,1-3H3. The fourth-order valence-corrected chi connectivity index (χ4v) is 5.51. The van der Waals surface area contributed by atoms with Crippen LogP contribution in [0.25, 0.3) is 0 Å². The van der Waals surface area contributed by atoms with Gasteiger partial charge in [-0.15, -0.1) is 0 Å². The lowest BCUT2D eigenvalue weighted by Crippen LogP contribution is -2.32. The summed E-state index contributed by atoms with van der Waals surface area (Å²) in [5.41, 5.74) is 0. The molecule has 0 saturated heterocycles. The van der Waals surface area contributed by atoms with Crippen molar-refractivity contribution in [1.29, 1.82) is 0 Å². The van der Waals surface area contributed by atoms with Gasteiger partial charge in [-0.25, -0.2) is 0 Å². The summed E-state index contributed by atoms with van der Waals surface area (Å²) >= 11 is 0. The van der Waals surface area contributed by atoms with Crippen molar-refractivity contribution < 1.29 is 14.3 Å². The minimum Gasteiger partial charge on any atom is -0.462 e. The molecular weight excluding hydrogens is 360 g/mol. The van der Waals surface area contributed by atoms with E-state index in [1.807, 2.05) is 6.92 Å². The number of carbonyl (C=O) groups excluding carboxylic acids is 1. The van der Waals surface area contributed by atoms with Crippen LogP contribution in [0.15, 0.2) is 0 Å². The van der Waals surface area contributed by atoms with E-state index in [0.29, 0.717) is 18.4 Å². The lowest BCUT2D eigenvalue weighted by atomic mass is 9.70. The van der Waals surface area contributed by atoms with Crippen LogP contribution in [0, 0.1) is 17.8 Å². The highest BCUT2D eigenvalue weighted by Gasteiger charge is 2.33. The Labute approximate surface area is 180 Å². The molecule has 0 aliphatic heterocycles. The number of esters is 1. The molecule has 3 nitrogen and oxygen atoms in total. The van der Waals surface area contributed by atoms with Crippen LogP contribution in [-0.2, 0) is 14.3 Å². The van der Waals surface area contributed by atoms with Gasteiger partial charge in [-0.1, -0.05) is 46.0 Å². The number of carbonyl (C=O) groups is 1. The van der Waals surface area contributed by atoms with Gasteiger partial charge in [0.25, 0.3) is 0 Å². The second kappa shape index (κ2) is 14.4. The van der Waals surface area contributed by atoms with Crippen LogP contribution in [0.3, 0.4) is 0 Å². The summed E-state index contributed by atoms with van der Waals surface area (Å²) in [6.07, 6.45) is 20.5. The Morgan fingerprint density at radius 3 is 2.00 bits per heavy atom. The van der Waals surface area contributed by atoms with E-state index in [-0.39, 0.29) is 12.1 Å². The predicted octanol–water partition coefficient (Wildman–Crippen LogP) is 7.46. The highest BCUT2D eigenvalue weighted by molar-refractivity contribution is 5.69. The Morgan fingerprint density at radius 1 is 0.793 bits per heavy atom. The maximum Gasteiger partial charge on any atom is 0.306 e. The van der Waals surface area contributed by atoms with E-state index < -0.39 is 0 Å². The topological polar surface area (TPSA) is 35.5 Å². The molecule has 1 atom stereocenters. The molecule has 2 aliphatic carbocycles. The van der Waals surface area contributed by atoms with Gasteiger partial charge in [-0.2, -0.15) is 0 Å². The predicted molar refractivity (Wildman–Crippen MR) is 121 cm³/mol. The van der Waals surface area contributed by atoms with Gasteiger partial charge in [0.2, 0.25) is 0 Å². The van der Waals surface area contributed by atoms with E-state index in [4.69, 9.17) is 9.47 Å². The van der Waals surface area contributed by atoms with E-state index in [1.54, 1.807) is 0 Å². The van der Waals surface area contributed by atoms with Gasteiger partial charge in [0.05, 0.1) is 6.10 Å². The van der Waals surface area contributed by atoms with Gasteiger partial charge in [-0.05, 0) is 88.9 Å². The molecule has 0 aromatic carbocycles. The first kappa shape index (κ1) is 24.7. The quantitative estimate of drug-likeness (QED) is 0.234. The lowest BCUT2D eigenvalue weighted by molar-refractivity contribution is -0.151. The van der Waals surface area contributed by atoms with Crippen molar-refractivity contribution in [2.24, 2.45) is 17.8 Å². The highest BCUT2D eigenvalue weighted by Crippen LogP contribution is 2.41. The zero-order chi connectivity index (χ0) is 20.9. The third kappa shape index (κ3) is 9.40. The van der Waals surface area contributed by atoms with E-state index >= 15 is 0 Å². The molecule has 2 saturated carbocycles. The van der Waals surface area contributed by atoms with Crippen molar-refractivity contribution >= 4 is 5.97 Å². The molecule has 0 amide bonds. The monoisotopic (exact) mass is 408 g/mol. The Morgan fingerprint density at radius 2 is 1.38 bits per heavy atom. The molecule has 0 aromatic rings. The minimum atomic E-state index is -0.0126. The summed E-state index contributed by atoms with van der Waals surface area (Å²) < 4.78 is 11.8. The van der Waals surface area contributed by atoms with Gasteiger partial charge < -0.3 is 9.47 Å². The number of hydrogen-bond donors (Lipinski definition) is 0. The fraction of sp³-hybridized carbons (Fsp3) is 0.962. The third-order valence-corrected chi connectivity index (χ3v) is 7.49. The molecule has 2 fully saturated rings. The molecule has 3 heteroatoms. The average Bonchev–Trinajstić information content (AvgIpc) is 2.74. The van der Waals surface area contributed by atoms with Crippen LogP contribution in [0.4, 0.5) is 0 Å². The molecule has 0 aromatic heterocycles. The van der Waals surface area contributed by atoms with Crippen LogP contribution in [0.5, 0.6) is 0 Å². The van der Waals surface area contributed by atoms with Gasteiger partial charge in [-0.3, -0.25) is 4.79 Å². The van der Waals surface area contributed by atoms with Crippen molar-refractivity contribution in [3.8, 4) is 0 Å². The second-order valence-electron chi connectivity index (χ2n) is 9.80. The maximum atomic E-state index is 11.8. The maximum absolute atomic E-state index is 11.8. The van der Waals surface area contributed by atoms with E-state index in [2.05, 4.69) is 13.8 Å². The molecule has 170 valence electrons. The average molecular weight is 409 g/mol. The molecule has 0 N–H and O–H groups in total. The summed E-state index contributed by atoms with van der Waals surface area (Å²) in [6.45, 7) is 7.38. The second-order valence-corrected chi connectivity index (χ2v) is 9.80. The normalized spacial score (nSPS) is 28.8. The Hall–Kier alpha value is -0.570. The number of hydrogen-bond acceptors (Lipinski definition) is 3. The number of ether oxygens (including phenoxy) is 2. The summed E-state index contributed by atoms with van der Waals surface area (Å²) in [7, 11) is 0. The first-order valence-electron chi connectivity index (χ1n) is 12.9. The van der Waals surface area contributed by atoms with E-state index in [1.165, 1.54) is 89.9 Å². The van der Waals surface area contributed by atoms with E-state index in [0.717, 1.165) is 24.9 Å². The van der Waals surface area contributed by atoms with Crippen molar-refractivity contribution in [1.82, 2.24) is 0 Å². The summed E-state index contributed by atoms with van der Waals surface area (Å²) in [5, 5.41) is 0. The summed E-state index contributed by atoms with van der Waals surface area (Å²) in [6, 6.07) is 0. The zero-order valence-electron chi connectivity index (χ0n) is 19.6. The fourth-order valence-electron chi connectivity index (χ4n) is 5.51. The highest BCUT2D eigenvalue weighted by atomic mass is 16.5. The smallest absolute Gasteiger partial charge is 0.306 e. The minimum absolute atomic E-state index is 0.0126. The molecular formula is C26H48O3. The van der Waals surface area contributed by atoms with Crippen LogP contribution in [-0.4, -0.2) is 24.8 Å². The molecule has 1 unspecified atom stereocenters. The van der Waals surface area contributed by atoms with Crippen LogP contribution >= 0.6 is 0 Å². The largest absolute Gasteiger partial charge is 0.462 e. The first-order valence-corrected chi connectivity index (χ1v) is 12.9. The number of rotatable bonds is 13. The Kier molecular flexibility index (Phi) is 12.3. The van der Waals surface area contributed by atoms with Gasteiger partial charge in [0, 0.05) is 13.0 Å². The van der Waals surface area contributed by atoms with Crippen molar-refractivity contribution in [2.75, 3.05) is 6.61 Å². The van der Waals surface area contributed by atoms with Gasteiger partial charge >= 0.3 is 5.97 Å².